The van der Waals surface area contributed by atoms with E-state index >= 15 is 0 Å². The molecular weight excluding hydrogens is 470 g/mol. The van der Waals surface area contributed by atoms with Crippen molar-refractivity contribution in [2.75, 3.05) is 20.3 Å². The zero-order valence-electron chi connectivity index (χ0n) is 18.6. The molecule has 3 heterocycles. The number of amides is 1. The number of hydrogen-bond donors (Lipinski definition) is 1. The fraction of sp³-hybridized carbons (Fsp3) is 0.304. The van der Waals surface area contributed by atoms with Crippen molar-refractivity contribution in [3.63, 3.8) is 0 Å². The summed E-state index contributed by atoms with van der Waals surface area (Å²) in [6.45, 7) is -0.456. The van der Waals surface area contributed by atoms with Gasteiger partial charge in [0.05, 0.1) is 25.1 Å². The van der Waals surface area contributed by atoms with Gasteiger partial charge < -0.3 is 9.47 Å². The van der Waals surface area contributed by atoms with Crippen LogP contribution < -0.4 is 14.9 Å². The Kier molecular flexibility index (Phi) is 7.10. The fourth-order valence-electron chi connectivity index (χ4n) is 3.77. The van der Waals surface area contributed by atoms with Gasteiger partial charge in [-0.2, -0.15) is 13.2 Å². The molecular formula is C23H21F4N5O3. The van der Waals surface area contributed by atoms with Crippen LogP contribution in [0.1, 0.15) is 22.3 Å². The number of rotatable bonds is 7. The summed E-state index contributed by atoms with van der Waals surface area (Å²) in [5, 5.41) is 1.22. The van der Waals surface area contributed by atoms with Crippen molar-refractivity contribution in [1.82, 2.24) is 25.4 Å². The molecule has 1 atom stereocenters. The number of carbonyl (C=O) groups is 1. The van der Waals surface area contributed by atoms with Crippen molar-refractivity contribution in [3.05, 3.63) is 66.1 Å². The molecule has 184 valence electrons. The number of hydrogen-bond acceptors (Lipinski definition) is 7. The van der Waals surface area contributed by atoms with Crippen LogP contribution in [0.15, 0.2) is 49.2 Å². The molecule has 0 radical (unpaired) electrons. The third-order valence-electron chi connectivity index (χ3n) is 5.46. The number of halogens is 4. The number of benzene rings is 1. The molecule has 0 saturated heterocycles. The topological polar surface area (TPSA) is 89.5 Å². The third kappa shape index (κ3) is 5.83. The average molecular weight is 491 g/mol. The van der Waals surface area contributed by atoms with Crippen molar-refractivity contribution in [2.24, 2.45) is 0 Å². The quantitative estimate of drug-likeness (QED) is 0.399. The Bertz CT molecular complexity index is 1190. The van der Waals surface area contributed by atoms with Gasteiger partial charge in [-0.15, -0.1) is 0 Å². The third-order valence-corrected chi connectivity index (χ3v) is 5.46. The van der Waals surface area contributed by atoms with Crippen molar-refractivity contribution in [1.29, 1.82) is 0 Å². The zero-order chi connectivity index (χ0) is 25.0. The number of fused-ring (bicyclic) bond motifs is 1. The maximum atomic E-state index is 14.3. The molecule has 0 unspecified atom stereocenters. The van der Waals surface area contributed by atoms with Crippen molar-refractivity contribution in [2.45, 2.75) is 25.1 Å². The molecule has 0 aliphatic carbocycles. The predicted molar refractivity (Wildman–Crippen MR) is 116 cm³/mol. The van der Waals surface area contributed by atoms with E-state index in [0.717, 1.165) is 0 Å². The van der Waals surface area contributed by atoms with E-state index in [0.29, 0.717) is 22.4 Å². The number of ether oxygens (including phenoxy) is 2. The summed E-state index contributed by atoms with van der Waals surface area (Å²) in [6.07, 6.45) is -0.119. The fourth-order valence-corrected chi connectivity index (χ4v) is 3.77. The lowest BCUT2D eigenvalue weighted by Crippen LogP contribution is -2.53. The van der Waals surface area contributed by atoms with E-state index in [1.807, 2.05) is 0 Å². The van der Waals surface area contributed by atoms with Crippen LogP contribution in [0.25, 0.3) is 11.1 Å². The van der Waals surface area contributed by atoms with E-state index in [-0.39, 0.29) is 24.5 Å². The Balaban J connectivity index is 1.62. The molecule has 1 aliphatic heterocycles. The van der Waals surface area contributed by atoms with Gasteiger partial charge in [-0.05, 0) is 24.1 Å². The number of carbonyl (C=O) groups excluding carboxylic acids is 1. The largest absolute Gasteiger partial charge is 0.492 e. The molecule has 4 rings (SSSR count). The predicted octanol–water partition coefficient (Wildman–Crippen LogP) is 3.59. The summed E-state index contributed by atoms with van der Waals surface area (Å²) in [6, 6.07) is 5.84. The summed E-state index contributed by atoms with van der Waals surface area (Å²) in [5.41, 5.74) is 4.36. The molecule has 3 aromatic rings. The van der Waals surface area contributed by atoms with E-state index in [2.05, 4.69) is 20.4 Å². The Morgan fingerprint density at radius 2 is 2.03 bits per heavy atom. The number of nitrogens with zero attached hydrogens (tertiary/aromatic N) is 4. The van der Waals surface area contributed by atoms with Crippen molar-refractivity contribution in [3.8, 4) is 22.8 Å². The smallest absolute Gasteiger partial charge is 0.390 e. The first-order chi connectivity index (χ1) is 16.7. The summed E-state index contributed by atoms with van der Waals surface area (Å²) in [5.74, 6) is -0.930. The van der Waals surface area contributed by atoms with Gasteiger partial charge in [0.25, 0.3) is 5.91 Å². The molecule has 0 saturated carbocycles. The summed E-state index contributed by atoms with van der Waals surface area (Å²) < 4.78 is 64.1. The molecule has 0 bridgehead atoms. The highest BCUT2D eigenvalue weighted by atomic mass is 19.4. The molecule has 1 aromatic carbocycles. The normalized spacial score (nSPS) is 15.3. The molecule has 12 heteroatoms. The maximum absolute atomic E-state index is 14.3. The van der Waals surface area contributed by atoms with Gasteiger partial charge in [0, 0.05) is 36.3 Å². The summed E-state index contributed by atoms with van der Waals surface area (Å²) in [7, 11) is 1.30. The maximum Gasteiger partial charge on any atom is 0.390 e. The van der Waals surface area contributed by atoms with Gasteiger partial charge in [0.15, 0.2) is 5.82 Å². The lowest BCUT2D eigenvalue weighted by atomic mass is 9.93. The van der Waals surface area contributed by atoms with Gasteiger partial charge in [0.1, 0.15) is 18.7 Å². The molecule has 0 spiro atoms. The van der Waals surface area contributed by atoms with Crippen LogP contribution in [-0.4, -0.2) is 58.3 Å². The minimum atomic E-state index is -4.43. The van der Waals surface area contributed by atoms with Crippen LogP contribution in [-0.2, 0) is 6.42 Å². The van der Waals surface area contributed by atoms with Crippen LogP contribution in [0.2, 0.25) is 0 Å². The van der Waals surface area contributed by atoms with Gasteiger partial charge >= 0.3 is 6.18 Å². The van der Waals surface area contributed by atoms with Crippen LogP contribution in [0, 0.1) is 5.82 Å². The van der Waals surface area contributed by atoms with Gasteiger partial charge in [-0.3, -0.25) is 10.2 Å². The van der Waals surface area contributed by atoms with Crippen molar-refractivity contribution >= 4 is 5.91 Å². The number of alkyl halides is 3. The van der Waals surface area contributed by atoms with E-state index in [1.54, 1.807) is 18.2 Å². The second-order valence-electron chi connectivity index (χ2n) is 7.79. The van der Waals surface area contributed by atoms with E-state index in [4.69, 9.17) is 9.47 Å². The lowest BCUT2D eigenvalue weighted by molar-refractivity contribution is -0.141. The van der Waals surface area contributed by atoms with Gasteiger partial charge in [0.2, 0.25) is 5.88 Å². The molecule has 0 fully saturated rings. The SMILES string of the molecule is COc1ncc(-c2cccc3c2C[C@H](N(CCC(F)(F)F)NC(=O)c2cncnc2)CO3)cc1F. The highest BCUT2D eigenvalue weighted by Crippen LogP contribution is 2.36. The number of nitrogens with one attached hydrogen (secondary N) is 1. The monoisotopic (exact) mass is 491 g/mol. The second-order valence-corrected chi connectivity index (χ2v) is 7.79. The van der Waals surface area contributed by atoms with Crippen molar-refractivity contribution < 1.29 is 31.8 Å². The van der Waals surface area contributed by atoms with E-state index in [9.17, 15) is 22.4 Å². The summed E-state index contributed by atoms with van der Waals surface area (Å²) in [4.78, 5) is 24.1. The molecule has 1 N–H and O–H groups in total. The van der Waals surface area contributed by atoms with Crippen LogP contribution in [0.4, 0.5) is 17.6 Å². The standard InChI is InChI=1S/C23H21F4N5O3/c1-34-22-19(24)7-14(11-30-22)17-3-2-4-20-18(17)8-16(12-35-20)32(6-5-23(25,26)27)31-21(33)15-9-28-13-29-10-15/h2-4,7,9-11,13,16H,5-6,8,12H2,1H3,(H,31,33)/t16-/m0/s1. The van der Waals surface area contributed by atoms with Gasteiger partial charge in [-0.25, -0.2) is 24.4 Å². The summed E-state index contributed by atoms with van der Waals surface area (Å²) >= 11 is 0. The Morgan fingerprint density at radius 1 is 1.26 bits per heavy atom. The van der Waals surface area contributed by atoms with Gasteiger partial charge in [-0.1, -0.05) is 12.1 Å². The van der Waals surface area contributed by atoms with E-state index < -0.39 is 36.9 Å². The zero-order valence-corrected chi connectivity index (χ0v) is 18.6. The van der Waals surface area contributed by atoms with Crippen LogP contribution in [0.3, 0.4) is 0 Å². The molecule has 35 heavy (non-hydrogen) atoms. The van der Waals surface area contributed by atoms with Crippen LogP contribution in [0.5, 0.6) is 11.6 Å². The van der Waals surface area contributed by atoms with E-state index in [1.165, 1.54) is 43.1 Å². The number of pyridine rings is 1. The average Bonchev–Trinajstić information content (AvgIpc) is 2.85. The molecule has 1 amide bonds. The number of aromatic nitrogens is 3. The Morgan fingerprint density at radius 3 is 2.71 bits per heavy atom. The molecule has 8 nitrogen and oxygen atoms in total. The highest BCUT2D eigenvalue weighted by molar-refractivity contribution is 5.93. The lowest BCUT2D eigenvalue weighted by Gasteiger charge is -2.36. The molecule has 2 aromatic heterocycles. The first-order valence-electron chi connectivity index (χ1n) is 10.6. The minimum Gasteiger partial charge on any atom is -0.492 e. The number of methoxy groups -OCH3 is 1. The first-order valence-corrected chi connectivity index (χ1v) is 10.6. The highest BCUT2D eigenvalue weighted by Gasteiger charge is 2.33. The minimum absolute atomic E-state index is 0.0368. The Hall–Kier alpha value is -3.80. The first kappa shape index (κ1) is 24.3. The molecule has 1 aliphatic rings. The number of hydrazine groups is 1. The Labute approximate surface area is 197 Å². The van der Waals surface area contributed by atoms with Crippen LogP contribution >= 0.6 is 0 Å². The second kappa shape index (κ2) is 10.2.